The fourth-order valence-electron chi connectivity index (χ4n) is 1.58. The van der Waals surface area contributed by atoms with Crippen LogP contribution in [0.1, 0.15) is 18.3 Å². The van der Waals surface area contributed by atoms with Crippen LogP contribution in [-0.4, -0.2) is 26.4 Å². The van der Waals surface area contributed by atoms with Crippen molar-refractivity contribution in [3.8, 4) is 5.88 Å². The van der Waals surface area contributed by atoms with E-state index >= 15 is 0 Å². The van der Waals surface area contributed by atoms with E-state index in [1.807, 2.05) is 37.7 Å². The minimum atomic E-state index is 0.569. The van der Waals surface area contributed by atoms with E-state index in [1.165, 1.54) is 0 Å². The predicted octanol–water partition coefficient (Wildman–Crippen LogP) is 1.53. The summed E-state index contributed by atoms with van der Waals surface area (Å²) in [5.41, 5.74) is 1.94. The van der Waals surface area contributed by atoms with Gasteiger partial charge in [0, 0.05) is 25.0 Å². The van der Waals surface area contributed by atoms with Crippen LogP contribution in [-0.2, 0) is 13.6 Å². The Bertz CT molecular complexity index is 523. The Morgan fingerprint density at radius 1 is 1.39 bits per heavy atom. The van der Waals surface area contributed by atoms with E-state index in [1.54, 1.807) is 6.20 Å². The van der Waals surface area contributed by atoms with Gasteiger partial charge in [0.1, 0.15) is 0 Å². The molecule has 0 unspecified atom stereocenters. The lowest BCUT2D eigenvalue weighted by Gasteiger charge is -2.08. The zero-order valence-corrected chi connectivity index (χ0v) is 10.8. The lowest BCUT2D eigenvalue weighted by molar-refractivity contribution is 0.326. The summed E-state index contributed by atoms with van der Waals surface area (Å²) >= 11 is 0. The topological polar surface area (TPSA) is 64.9 Å². The molecule has 2 aromatic rings. The molecule has 0 fully saturated rings. The Hall–Kier alpha value is -2.11. The van der Waals surface area contributed by atoms with Gasteiger partial charge in [0.15, 0.2) is 0 Å². The summed E-state index contributed by atoms with van der Waals surface area (Å²) in [5, 5.41) is 7.27. The zero-order chi connectivity index (χ0) is 13.0. The molecule has 0 aliphatic rings. The maximum atomic E-state index is 5.38. The standard InChI is InChI=1S/C12H17N5O/c1-4-18-11-7-9(2)15-12(16-11)13-8-10-5-6-14-17(10)3/h5-7H,4,8H2,1-3H3,(H,13,15,16). The second-order valence-electron chi connectivity index (χ2n) is 3.90. The van der Waals surface area contributed by atoms with Crippen molar-refractivity contribution in [2.45, 2.75) is 20.4 Å². The third-order valence-corrected chi connectivity index (χ3v) is 2.47. The van der Waals surface area contributed by atoms with Gasteiger partial charge in [0.25, 0.3) is 0 Å². The normalized spacial score (nSPS) is 10.4. The lowest BCUT2D eigenvalue weighted by atomic mass is 10.4. The van der Waals surface area contributed by atoms with Gasteiger partial charge in [-0.05, 0) is 19.9 Å². The van der Waals surface area contributed by atoms with Crippen molar-refractivity contribution in [2.75, 3.05) is 11.9 Å². The number of hydrogen-bond donors (Lipinski definition) is 1. The van der Waals surface area contributed by atoms with Crippen LogP contribution in [0, 0.1) is 6.92 Å². The van der Waals surface area contributed by atoms with Crippen LogP contribution in [0.25, 0.3) is 0 Å². The molecule has 96 valence electrons. The quantitative estimate of drug-likeness (QED) is 0.868. The molecule has 6 heteroatoms. The first-order valence-electron chi connectivity index (χ1n) is 5.88. The summed E-state index contributed by atoms with van der Waals surface area (Å²) in [6.45, 7) is 5.07. The Kier molecular flexibility index (Phi) is 3.76. The number of anilines is 1. The van der Waals surface area contributed by atoms with Crippen LogP contribution in [0.2, 0.25) is 0 Å². The molecule has 0 atom stereocenters. The number of ether oxygens (including phenoxy) is 1. The number of hydrogen-bond acceptors (Lipinski definition) is 5. The predicted molar refractivity (Wildman–Crippen MR) is 68.5 cm³/mol. The molecule has 0 bridgehead atoms. The highest BCUT2D eigenvalue weighted by Gasteiger charge is 2.04. The van der Waals surface area contributed by atoms with Crippen molar-refractivity contribution < 1.29 is 4.74 Å². The molecule has 2 heterocycles. The number of rotatable bonds is 5. The van der Waals surface area contributed by atoms with Gasteiger partial charge in [-0.2, -0.15) is 10.1 Å². The van der Waals surface area contributed by atoms with E-state index in [2.05, 4.69) is 20.4 Å². The average molecular weight is 247 g/mol. The molecule has 2 aromatic heterocycles. The molecule has 2 rings (SSSR count). The Labute approximate surface area is 106 Å². The maximum Gasteiger partial charge on any atom is 0.226 e. The van der Waals surface area contributed by atoms with E-state index in [-0.39, 0.29) is 0 Å². The molecule has 0 aliphatic carbocycles. The number of nitrogens with one attached hydrogen (secondary N) is 1. The molecule has 18 heavy (non-hydrogen) atoms. The summed E-state index contributed by atoms with van der Waals surface area (Å²) in [6.07, 6.45) is 1.76. The largest absolute Gasteiger partial charge is 0.478 e. The van der Waals surface area contributed by atoms with Crippen molar-refractivity contribution >= 4 is 5.95 Å². The third-order valence-electron chi connectivity index (χ3n) is 2.47. The molecule has 6 nitrogen and oxygen atoms in total. The minimum Gasteiger partial charge on any atom is -0.478 e. The monoisotopic (exact) mass is 247 g/mol. The van der Waals surface area contributed by atoms with Crippen molar-refractivity contribution in [3.05, 3.63) is 29.7 Å². The summed E-state index contributed by atoms with van der Waals surface area (Å²) in [6, 6.07) is 3.77. The number of aryl methyl sites for hydroxylation is 2. The van der Waals surface area contributed by atoms with Crippen molar-refractivity contribution in [1.82, 2.24) is 19.7 Å². The average Bonchev–Trinajstić information content (AvgIpc) is 2.72. The van der Waals surface area contributed by atoms with Crippen molar-refractivity contribution in [1.29, 1.82) is 0 Å². The van der Waals surface area contributed by atoms with Gasteiger partial charge < -0.3 is 10.1 Å². The zero-order valence-electron chi connectivity index (χ0n) is 10.8. The van der Waals surface area contributed by atoms with Crippen LogP contribution in [0.3, 0.4) is 0 Å². The lowest BCUT2D eigenvalue weighted by Crippen LogP contribution is -2.09. The highest BCUT2D eigenvalue weighted by atomic mass is 16.5. The molecule has 0 saturated carbocycles. The van der Waals surface area contributed by atoms with Gasteiger partial charge in [-0.1, -0.05) is 0 Å². The first-order chi connectivity index (χ1) is 8.69. The van der Waals surface area contributed by atoms with Gasteiger partial charge in [0.2, 0.25) is 11.8 Å². The molecule has 0 saturated heterocycles. The maximum absolute atomic E-state index is 5.38. The van der Waals surface area contributed by atoms with Crippen LogP contribution in [0.4, 0.5) is 5.95 Å². The summed E-state index contributed by atoms with van der Waals surface area (Å²) in [7, 11) is 1.90. The fraction of sp³-hybridized carbons (Fsp3) is 0.417. The minimum absolute atomic E-state index is 0.569. The Morgan fingerprint density at radius 3 is 2.89 bits per heavy atom. The van der Waals surface area contributed by atoms with Gasteiger partial charge >= 0.3 is 0 Å². The SMILES string of the molecule is CCOc1cc(C)nc(NCc2ccnn2C)n1. The molecular formula is C12H17N5O. The third kappa shape index (κ3) is 2.97. The van der Waals surface area contributed by atoms with Crippen molar-refractivity contribution in [3.63, 3.8) is 0 Å². The molecular weight excluding hydrogens is 230 g/mol. The second-order valence-corrected chi connectivity index (χ2v) is 3.90. The molecule has 0 radical (unpaired) electrons. The first-order valence-corrected chi connectivity index (χ1v) is 5.88. The van der Waals surface area contributed by atoms with E-state index in [4.69, 9.17) is 4.74 Å². The number of nitrogens with zero attached hydrogens (tertiary/aromatic N) is 4. The van der Waals surface area contributed by atoms with E-state index in [0.717, 1.165) is 11.4 Å². The smallest absolute Gasteiger partial charge is 0.226 e. The summed E-state index contributed by atoms with van der Waals surface area (Å²) < 4.78 is 7.19. The Balaban J connectivity index is 2.07. The Morgan fingerprint density at radius 2 is 2.22 bits per heavy atom. The van der Waals surface area contributed by atoms with Gasteiger partial charge in [-0.3, -0.25) is 4.68 Å². The first kappa shape index (κ1) is 12.3. The second kappa shape index (κ2) is 5.48. The van der Waals surface area contributed by atoms with Crippen LogP contribution >= 0.6 is 0 Å². The van der Waals surface area contributed by atoms with Crippen LogP contribution in [0.15, 0.2) is 18.3 Å². The van der Waals surface area contributed by atoms with Crippen molar-refractivity contribution in [2.24, 2.45) is 7.05 Å². The van der Waals surface area contributed by atoms with Gasteiger partial charge in [-0.25, -0.2) is 4.98 Å². The van der Waals surface area contributed by atoms with Crippen LogP contribution in [0.5, 0.6) is 5.88 Å². The molecule has 0 spiro atoms. The summed E-state index contributed by atoms with van der Waals surface area (Å²) in [5.74, 6) is 1.16. The highest BCUT2D eigenvalue weighted by Crippen LogP contribution is 2.12. The fourth-order valence-corrected chi connectivity index (χ4v) is 1.58. The molecule has 1 N–H and O–H groups in total. The highest BCUT2D eigenvalue weighted by molar-refractivity contribution is 5.31. The van der Waals surface area contributed by atoms with E-state index in [9.17, 15) is 0 Å². The molecule has 0 aliphatic heterocycles. The number of aromatic nitrogens is 4. The molecule has 0 aromatic carbocycles. The van der Waals surface area contributed by atoms with E-state index in [0.29, 0.717) is 25.0 Å². The van der Waals surface area contributed by atoms with Gasteiger partial charge in [0.05, 0.1) is 18.8 Å². The molecule has 0 amide bonds. The van der Waals surface area contributed by atoms with Crippen LogP contribution < -0.4 is 10.1 Å². The summed E-state index contributed by atoms with van der Waals surface area (Å²) in [4.78, 5) is 8.59. The van der Waals surface area contributed by atoms with Gasteiger partial charge in [-0.15, -0.1) is 0 Å². The van der Waals surface area contributed by atoms with E-state index < -0.39 is 0 Å².